The van der Waals surface area contributed by atoms with Gasteiger partial charge in [0, 0.05) is 38.4 Å². The topological polar surface area (TPSA) is 101 Å². The van der Waals surface area contributed by atoms with Crippen molar-refractivity contribution in [3.05, 3.63) is 95.9 Å². The molecule has 0 amide bonds. The number of aliphatic hydroxyl groups is 1. The molecule has 0 bridgehead atoms. The van der Waals surface area contributed by atoms with Crippen molar-refractivity contribution in [2.75, 3.05) is 0 Å². The first-order chi connectivity index (χ1) is 13.6. The molecule has 2 aromatic carbocycles. The first-order valence-corrected chi connectivity index (χ1v) is 9.94. The molecule has 0 radical (unpaired) electrons. The van der Waals surface area contributed by atoms with Crippen LogP contribution in [0.2, 0.25) is 15.1 Å². The van der Waals surface area contributed by atoms with Crippen LogP contribution in [0, 0.1) is 10.1 Å². The Hall–Kier alpha value is -1.84. The van der Waals surface area contributed by atoms with Crippen LogP contribution in [-0.4, -0.2) is 25.0 Å². The molecule has 1 atom stereocenters. The van der Waals surface area contributed by atoms with Crippen LogP contribution in [0.5, 0.6) is 0 Å². The highest BCUT2D eigenvalue weighted by molar-refractivity contribution is 9.10. The van der Waals surface area contributed by atoms with Crippen molar-refractivity contribution in [3.8, 4) is 0 Å². The van der Waals surface area contributed by atoms with E-state index >= 15 is 0 Å². The van der Waals surface area contributed by atoms with E-state index in [0.29, 0.717) is 28.0 Å². The molecule has 0 saturated carbocycles. The van der Waals surface area contributed by atoms with Gasteiger partial charge in [-0.1, -0.05) is 62.9 Å². The molecule has 0 aliphatic carbocycles. The lowest BCUT2D eigenvalue weighted by atomic mass is 9.87. The molecule has 0 fully saturated rings. The summed E-state index contributed by atoms with van der Waals surface area (Å²) in [6.45, 7) is 0.312. The van der Waals surface area contributed by atoms with E-state index in [1.54, 1.807) is 43.0 Å². The summed E-state index contributed by atoms with van der Waals surface area (Å²) in [6.07, 6.45) is 5.45. The SMILES string of the molecule is O=[N+]([O-])O.OC(Cc1ccc(Cl)cc1Cl)(Cn1ccnc1)c1ccc(Cl)cc1Br. The third-order valence-electron chi connectivity index (χ3n) is 3.93. The van der Waals surface area contributed by atoms with Crippen LogP contribution in [0.1, 0.15) is 11.1 Å². The van der Waals surface area contributed by atoms with Crippen LogP contribution >= 0.6 is 50.7 Å². The predicted molar refractivity (Wildman–Crippen MR) is 114 cm³/mol. The maximum atomic E-state index is 11.6. The maximum absolute atomic E-state index is 11.6. The van der Waals surface area contributed by atoms with Gasteiger partial charge in [0.25, 0.3) is 5.09 Å². The molecule has 0 aliphatic rings. The van der Waals surface area contributed by atoms with Crippen LogP contribution in [0.4, 0.5) is 0 Å². The van der Waals surface area contributed by atoms with Gasteiger partial charge in [-0.05, 0) is 35.4 Å². The van der Waals surface area contributed by atoms with Crippen molar-refractivity contribution in [3.63, 3.8) is 0 Å². The predicted octanol–water partition coefficient (Wildman–Crippen LogP) is 5.39. The lowest BCUT2D eigenvalue weighted by Crippen LogP contribution is -2.34. The molecule has 0 saturated heterocycles. The number of rotatable bonds is 5. The summed E-state index contributed by atoms with van der Waals surface area (Å²) in [5.41, 5.74) is 0.300. The zero-order chi connectivity index (χ0) is 21.6. The first-order valence-electron chi connectivity index (χ1n) is 8.01. The van der Waals surface area contributed by atoms with Crippen molar-refractivity contribution in [1.82, 2.24) is 9.55 Å². The third kappa shape index (κ3) is 6.87. The Balaban J connectivity index is 0.000000687. The van der Waals surface area contributed by atoms with E-state index in [1.165, 1.54) is 0 Å². The van der Waals surface area contributed by atoms with Crippen LogP contribution in [0.15, 0.2) is 59.6 Å². The minimum atomic E-state index is -1.50. The number of hydrogen-bond acceptors (Lipinski definition) is 4. The summed E-state index contributed by atoms with van der Waals surface area (Å²) in [7, 11) is 0. The molecule has 7 nitrogen and oxygen atoms in total. The van der Waals surface area contributed by atoms with Crippen molar-refractivity contribution in [2.24, 2.45) is 0 Å². The first kappa shape index (κ1) is 23.4. The van der Waals surface area contributed by atoms with Gasteiger partial charge in [0.2, 0.25) is 0 Å². The van der Waals surface area contributed by atoms with E-state index < -0.39 is 10.7 Å². The smallest absolute Gasteiger partial charge is 0.291 e. The van der Waals surface area contributed by atoms with Crippen LogP contribution in [-0.2, 0) is 18.6 Å². The number of hydrogen-bond donors (Lipinski definition) is 2. The van der Waals surface area contributed by atoms with Crippen molar-refractivity contribution in [2.45, 2.75) is 18.6 Å². The number of benzene rings is 2. The largest absolute Gasteiger partial charge is 0.383 e. The van der Waals surface area contributed by atoms with Gasteiger partial charge in [-0.3, -0.25) is 0 Å². The summed E-state index contributed by atoms with van der Waals surface area (Å²) in [6, 6.07) is 10.6. The van der Waals surface area contributed by atoms with Gasteiger partial charge < -0.3 is 14.9 Å². The highest BCUT2D eigenvalue weighted by Crippen LogP contribution is 2.36. The number of imidazole rings is 1. The lowest BCUT2D eigenvalue weighted by Gasteiger charge is -2.31. The van der Waals surface area contributed by atoms with Crippen LogP contribution in [0.25, 0.3) is 0 Å². The number of halogens is 4. The summed E-state index contributed by atoms with van der Waals surface area (Å²) in [5, 5.41) is 26.9. The molecule has 11 heteroatoms. The summed E-state index contributed by atoms with van der Waals surface area (Å²) in [5.74, 6) is 0. The van der Waals surface area contributed by atoms with Gasteiger partial charge in [-0.2, -0.15) is 0 Å². The Kier molecular flexibility index (Phi) is 8.30. The molecular formula is C18H15BrCl3N3O4. The summed E-state index contributed by atoms with van der Waals surface area (Å²) in [4.78, 5) is 12.4. The zero-order valence-electron chi connectivity index (χ0n) is 14.7. The average molecular weight is 524 g/mol. The highest BCUT2D eigenvalue weighted by Gasteiger charge is 2.33. The van der Waals surface area contributed by atoms with E-state index in [0.717, 1.165) is 15.6 Å². The van der Waals surface area contributed by atoms with Crippen molar-refractivity contribution in [1.29, 1.82) is 0 Å². The second kappa shape index (κ2) is 10.3. The fraction of sp³-hybridized carbons (Fsp3) is 0.167. The van der Waals surface area contributed by atoms with Crippen molar-refractivity contribution < 1.29 is 15.4 Å². The Labute approximate surface area is 189 Å². The standard InChI is InChI=1S/C18H14BrCl3N2O.HNO3/c19-16-7-13(20)3-4-15(16)18(25,10-24-6-5-23-11-24)9-12-1-2-14(21)8-17(12)22;2-1(3)4/h1-8,11,25H,9-10H2;(H,2,3,4). The second-order valence-corrected chi connectivity index (χ2v) is 8.18. The lowest BCUT2D eigenvalue weighted by molar-refractivity contribution is -0.742. The maximum Gasteiger partial charge on any atom is 0.291 e. The fourth-order valence-electron chi connectivity index (χ4n) is 2.77. The minimum Gasteiger partial charge on any atom is -0.383 e. The van der Waals surface area contributed by atoms with Gasteiger partial charge in [-0.15, -0.1) is 10.1 Å². The van der Waals surface area contributed by atoms with E-state index in [-0.39, 0.29) is 0 Å². The van der Waals surface area contributed by atoms with Gasteiger partial charge in [0.15, 0.2) is 0 Å². The fourth-order valence-corrected chi connectivity index (χ4v) is 4.29. The van der Waals surface area contributed by atoms with Crippen molar-refractivity contribution >= 4 is 50.7 Å². The second-order valence-electron chi connectivity index (χ2n) is 6.04. The van der Waals surface area contributed by atoms with Gasteiger partial charge in [0.05, 0.1) is 12.9 Å². The molecule has 0 spiro atoms. The van der Waals surface area contributed by atoms with Crippen LogP contribution < -0.4 is 0 Å². The Morgan fingerprint density at radius 1 is 1.17 bits per heavy atom. The minimum absolute atomic E-state index is 0.307. The van der Waals surface area contributed by atoms with Gasteiger partial charge in [0.1, 0.15) is 5.60 Å². The quantitative estimate of drug-likeness (QED) is 0.345. The number of aromatic nitrogens is 2. The van der Waals surface area contributed by atoms with E-state index in [1.807, 2.05) is 16.7 Å². The van der Waals surface area contributed by atoms with Gasteiger partial charge in [-0.25, -0.2) is 4.98 Å². The monoisotopic (exact) mass is 521 g/mol. The zero-order valence-corrected chi connectivity index (χ0v) is 18.5. The normalized spacial score (nSPS) is 12.6. The highest BCUT2D eigenvalue weighted by atomic mass is 79.9. The molecule has 29 heavy (non-hydrogen) atoms. The van der Waals surface area contributed by atoms with E-state index in [9.17, 15) is 5.11 Å². The molecular weight excluding hydrogens is 508 g/mol. The molecule has 2 N–H and O–H groups in total. The summed E-state index contributed by atoms with van der Waals surface area (Å²) < 4.78 is 2.55. The molecule has 3 rings (SSSR count). The Morgan fingerprint density at radius 2 is 1.79 bits per heavy atom. The molecule has 1 aromatic heterocycles. The van der Waals surface area contributed by atoms with Gasteiger partial charge >= 0.3 is 0 Å². The van der Waals surface area contributed by atoms with E-state index in [2.05, 4.69) is 20.9 Å². The Bertz CT molecular complexity index is 984. The Morgan fingerprint density at radius 3 is 2.34 bits per heavy atom. The van der Waals surface area contributed by atoms with E-state index in [4.69, 9.17) is 50.1 Å². The molecule has 3 aromatic rings. The average Bonchev–Trinajstić information content (AvgIpc) is 3.09. The third-order valence-corrected chi connectivity index (χ3v) is 5.41. The molecule has 154 valence electrons. The molecule has 1 unspecified atom stereocenters. The number of nitrogens with zero attached hydrogens (tertiary/aromatic N) is 3. The summed E-state index contributed by atoms with van der Waals surface area (Å²) >= 11 is 21.9. The van der Waals surface area contributed by atoms with Crippen LogP contribution in [0.3, 0.4) is 0 Å². The molecule has 0 aliphatic heterocycles. The molecule has 1 heterocycles.